The van der Waals surface area contributed by atoms with Gasteiger partial charge >= 0.3 is 0 Å². The quantitative estimate of drug-likeness (QED) is 0.839. The molecular weight excluding hydrogens is 312 g/mol. The predicted molar refractivity (Wildman–Crippen MR) is 81.7 cm³/mol. The van der Waals surface area contributed by atoms with Crippen molar-refractivity contribution in [1.29, 1.82) is 0 Å². The number of benzene rings is 2. The second-order valence-corrected chi connectivity index (χ2v) is 6.90. The van der Waals surface area contributed by atoms with Crippen LogP contribution in [0.4, 0.5) is 5.69 Å². The van der Waals surface area contributed by atoms with Gasteiger partial charge in [-0.05, 0) is 35.9 Å². The van der Waals surface area contributed by atoms with Crippen molar-refractivity contribution in [1.82, 2.24) is 0 Å². The fourth-order valence-electron chi connectivity index (χ4n) is 1.89. The molecule has 0 heterocycles. The van der Waals surface area contributed by atoms with E-state index in [-0.39, 0.29) is 26.9 Å². The maximum absolute atomic E-state index is 12.4. The molecule has 0 aromatic heterocycles. The summed E-state index contributed by atoms with van der Waals surface area (Å²) in [6.45, 7) is 0. The lowest BCUT2D eigenvalue weighted by molar-refractivity contribution is 0.1000. The minimum atomic E-state index is -3.67. The molecule has 21 heavy (non-hydrogen) atoms. The van der Waals surface area contributed by atoms with Crippen LogP contribution in [-0.2, 0) is 15.6 Å². The smallest absolute Gasteiger partial charge is 0.248 e. The van der Waals surface area contributed by atoms with Gasteiger partial charge in [-0.3, -0.25) is 4.79 Å². The molecule has 0 aliphatic carbocycles. The van der Waals surface area contributed by atoms with Crippen LogP contribution in [0.5, 0.6) is 0 Å². The average molecular weight is 325 g/mol. The van der Waals surface area contributed by atoms with E-state index >= 15 is 0 Å². The maximum Gasteiger partial charge on any atom is 0.248 e. The van der Waals surface area contributed by atoms with Gasteiger partial charge < -0.3 is 11.5 Å². The van der Waals surface area contributed by atoms with Gasteiger partial charge in [-0.15, -0.1) is 0 Å². The molecular formula is C14H13ClN2O3S. The molecule has 0 saturated heterocycles. The Bertz CT molecular complexity index is 804. The minimum Gasteiger partial charge on any atom is -0.398 e. The Hall–Kier alpha value is -2.05. The fraction of sp³-hybridized carbons (Fsp3) is 0.0714. The second kappa shape index (κ2) is 5.75. The first kappa shape index (κ1) is 15.3. The van der Waals surface area contributed by atoms with E-state index in [1.807, 2.05) is 0 Å². The van der Waals surface area contributed by atoms with Crippen LogP contribution in [0, 0.1) is 0 Å². The van der Waals surface area contributed by atoms with Gasteiger partial charge in [0.05, 0.1) is 16.3 Å². The Balaban J connectivity index is 2.40. The highest BCUT2D eigenvalue weighted by Gasteiger charge is 2.19. The van der Waals surface area contributed by atoms with Crippen molar-refractivity contribution in [2.24, 2.45) is 5.73 Å². The summed E-state index contributed by atoms with van der Waals surface area (Å²) in [4.78, 5) is 11.1. The molecule has 110 valence electrons. The number of nitrogens with two attached hydrogens (primary N) is 2. The zero-order valence-electron chi connectivity index (χ0n) is 10.9. The number of hydrogen-bond acceptors (Lipinski definition) is 4. The molecule has 0 unspecified atom stereocenters. The lowest BCUT2D eigenvalue weighted by atomic mass is 10.1. The van der Waals surface area contributed by atoms with Gasteiger partial charge in [-0.1, -0.05) is 23.7 Å². The van der Waals surface area contributed by atoms with Gasteiger partial charge in [0.15, 0.2) is 9.84 Å². The Morgan fingerprint density at radius 3 is 2.52 bits per heavy atom. The molecule has 4 N–H and O–H groups in total. The number of primary amides is 1. The summed E-state index contributed by atoms with van der Waals surface area (Å²) in [7, 11) is -3.67. The second-order valence-electron chi connectivity index (χ2n) is 4.51. The Labute approximate surface area is 127 Å². The van der Waals surface area contributed by atoms with Crippen molar-refractivity contribution in [3.63, 3.8) is 0 Å². The fourth-order valence-corrected chi connectivity index (χ4v) is 3.63. The molecule has 1 amide bonds. The standard InChI is InChI=1S/C14H13ClN2O3S/c15-11-4-5-12(16)13(7-11)21(19,20)8-9-2-1-3-10(6-9)14(17)18/h1-7H,8,16H2,(H2,17,18). The molecule has 0 bridgehead atoms. The van der Waals surface area contributed by atoms with E-state index in [0.717, 1.165) is 0 Å². The first-order valence-corrected chi connectivity index (χ1v) is 7.99. The summed E-state index contributed by atoms with van der Waals surface area (Å²) < 4.78 is 24.8. The van der Waals surface area contributed by atoms with Crippen molar-refractivity contribution in [3.8, 4) is 0 Å². The highest BCUT2D eigenvalue weighted by molar-refractivity contribution is 7.90. The van der Waals surface area contributed by atoms with Crippen molar-refractivity contribution < 1.29 is 13.2 Å². The van der Waals surface area contributed by atoms with E-state index in [1.165, 1.54) is 30.3 Å². The van der Waals surface area contributed by atoms with Crippen LogP contribution in [0.2, 0.25) is 5.02 Å². The van der Waals surface area contributed by atoms with Gasteiger partial charge in [0.2, 0.25) is 5.91 Å². The van der Waals surface area contributed by atoms with Crippen LogP contribution in [0.15, 0.2) is 47.4 Å². The van der Waals surface area contributed by atoms with Gasteiger partial charge in [0.25, 0.3) is 0 Å². The number of hydrogen-bond donors (Lipinski definition) is 2. The Kier molecular flexibility index (Phi) is 4.20. The molecule has 0 atom stereocenters. The first-order chi connectivity index (χ1) is 9.79. The molecule has 2 aromatic carbocycles. The molecule has 2 aromatic rings. The molecule has 0 spiro atoms. The van der Waals surface area contributed by atoms with Crippen molar-refractivity contribution in [2.45, 2.75) is 10.6 Å². The summed E-state index contributed by atoms with van der Waals surface area (Å²) >= 11 is 5.81. The van der Waals surface area contributed by atoms with E-state index in [9.17, 15) is 13.2 Å². The molecule has 0 saturated carbocycles. The summed E-state index contributed by atoms with van der Waals surface area (Å²) in [6.07, 6.45) is 0. The third kappa shape index (κ3) is 3.53. The molecule has 2 rings (SSSR count). The number of sulfone groups is 1. The number of carbonyl (C=O) groups is 1. The SMILES string of the molecule is NC(=O)c1cccc(CS(=O)(=O)c2cc(Cl)ccc2N)c1. The number of carbonyl (C=O) groups excluding carboxylic acids is 1. The normalized spacial score (nSPS) is 11.3. The third-order valence-corrected chi connectivity index (χ3v) is 4.85. The molecule has 7 heteroatoms. The highest BCUT2D eigenvalue weighted by atomic mass is 35.5. The van der Waals surface area contributed by atoms with Gasteiger partial charge in [0.1, 0.15) is 0 Å². The minimum absolute atomic E-state index is 0.0283. The molecule has 5 nitrogen and oxygen atoms in total. The zero-order chi connectivity index (χ0) is 15.6. The van der Waals surface area contributed by atoms with Gasteiger partial charge in [0, 0.05) is 10.6 Å². The summed E-state index contributed by atoms with van der Waals surface area (Å²) in [5.74, 6) is -0.907. The predicted octanol–water partition coefficient (Wildman–Crippen LogP) is 2.00. The van der Waals surface area contributed by atoms with E-state index in [0.29, 0.717) is 5.56 Å². The van der Waals surface area contributed by atoms with Gasteiger partial charge in [-0.2, -0.15) is 0 Å². The van der Waals surface area contributed by atoms with E-state index in [4.69, 9.17) is 23.1 Å². The van der Waals surface area contributed by atoms with Crippen LogP contribution in [0.3, 0.4) is 0 Å². The van der Waals surface area contributed by atoms with Crippen LogP contribution in [-0.4, -0.2) is 14.3 Å². The summed E-state index contributed by atoms with van der Waals surface area (Å²) in [5, 5.41) is 0.286. The van der Waals surface area contributed by atoms with Gasteiger partial charge in [-0.25, -0.2) is 8.42 Å². The van der Waals surface area contributed by atoms with Crippen molar-refractivity contribution in [2.75, 3.05) is 5.73 Å². The number of halogens is 1. The van der Waals surface area contributed by atoms with E-state index < -0.39 is 15.7 Å². The summed E-state index contributed by atoms with van der Waals surface area (Å²) in [6, 6.07) is 10.4. The summed E-state index contributed by atoms with van der Waals surface area (Å²) in [5.41, 5.74) is 11.7. The lowest BCUT2D eigenvalue weighted by Crippen LogP contribution is -2.12. The maximum atomic E-state index is 12.4. The third-order valence-electron chi connectivity index (χ3n) is 2.88. The zero-order valence-corrected chi connectivity index (χ0v) is 12.5. The van der Waals surface area contributed by atoms with Crippen molar-refractivity contribution >= 4 is 33.0 Å². The van der Waals surface area contributed by atoms with E-state index in [2.05, 4.69) is 0 Å². The van der Waals surface area contributed by atoms with Crippen LogP contribution in [0.1, 0.15) is 15.9 Å². The number of anilines is 1. The Morgan fingerprint density at radius 2 is 1.86 bits per heavy atom. The average Bonchev–Trinajstić information content (AvgIpc) is 2.41. The largest absolute Gasteiger partial charge is 0.398 e. The molecule has 0 fully saturated rings. The van der Waals surface area contributed by atoms with Crippen LogP contribution in [0.25, 0.3) is 0 Å². The number of amides is 1. The topological polar surface area (TPSA) is 103 Å². The van der Waals surface area contributed by atoms with Crippen LogP contribution >= 0.6 is 11.6 Å². The lowest BCUT2D eigenvalue weighted by Gasteiger charge is -2.08. The monoisotopic (exact) mass is 324 g/mol. The number of rotatable bonds is 4. The molecule has 0 radical (unpaired) electrons. The van der Waals surface area contributed by atoms with Crippen LogP contribution < -0.4 is 11.5 Å². The first-order valence-electron chi connectivity index (χ1n) is 5.96. The number of nitrogen functional groups attached to an aromatic ring is 1. The van der Waals surface area contributed by atoms with Crippen molar-refractivity contribution in [3.05, 3.63) is 58.6 Å². The molecule has 0 aliphatic heterocycles. The highest BCUT2D eigenvalue weighted by Crippen LogP contribution is 2.26. The Morgan fingerprint density at radius 1 is 1.14 bits per heavy atom. The van der Waals surface area contributed by atoms with E-state index in [1.54, 1.807) is 12.1 Å². The molecule has 0 aliphatic rings.